The van der Waals surface area contributed by atoms with E-state index in [1.165, 1.54) is 0 Å². The summed E-state index contributed by atoms with van der Waals surface area (Å²) in [5, 5.41) is 3.19. The first-order valence-electron chi connectivity index (χ1n) is 7.23. The van der Waals surface area contributed by atoms with E-state index < -0.39 is 0 Å². The molecule has 2 N–H and O–H groups in total. The van der Waals surface area contributed by atoms with Crippen LogP contribution in [0.2, 0.25) is 0 Å². The Kier molecular flexibility index (Phi) is 4.88. The predicted octanol–water partition coefficient (Wildman–Crippen LogP) is 3.13. The molecule has 112 valence electrons. The molecule has 4 nitrogen and oxygen atoms in total. The van der Waals surface area contributed by atoms with Gasteiger partial charge in [-0.3, -0.25) is 4.98 Å². The highest BCUT2D eigenvalue weighted by Crippen LogP contribution is 2.17. The van der Waals surface area contributed by atoms with Crippen LogP contribution in [-0.4, -0.2) is 28.0 Å². The average Bonchev–Trinajstić information content (AvgIpc) is 3.02. The molecule has 1 aliphatic heterocycles. The molecule has 3 aromatic rings. The Labute approximate surface area is 135 Å². The molecule has 3 heterocycles. The molecule has 0 spiro atoms. The fourth-order valence-corrected chi connectivity index (χ4v) is 2.30. The van der Waals surface area contributed by atoms with Gasteiger partial charge in [-0.15, -0.1) is 12.6 Å². The fourth-order valence-electron chi connectivity index (χ4n) is 2.15. The van der Waals surface area contributed by atoms with Crippen LogP contribution < -0.4 is 5.32 Å². The number of aromatic nitrogens is 3. The molecule has 22 heavy (non-hydrogen) atoms. The largest absolute Gasteiger partial charge is 0.348 e. The summed E-state index contributed by atoms with van der Waals surface area (Å²) in [4.78, 5) is 12.5. The molecule has 2 aromatic heterocycles. The van der Waals surface area contributed by atoms with Gasteiger partial charge in [0.25, 0.3) is 0 Å². The van der Waals surface area contributed by atoms with Crippen LogP contribution in [-0.2, 0) is 0 Å². The average molecular weight is 310 g/mol. The zero-order valence-corrected chi connectivity index (χ0v) is 13.0. The van der Waals surface area contributed by atoms with E-state index in [2.05, 4.69) is 32.9 Å². The number of nitrogens with one attached hydrogen (secondary N) is 2. The molecule has 4 rings (SSSR count). The highest BCUT2D eigenvalue weighted by Gasteiger charge is 2.20. The van der Waals surface area contributed by atoms with E-state index in [-0.39, 0.29) is 0 Å². The normalized spacial score (nSPS) is 13.9. The number of aromatic amines is 1. The molecule has 0 bridgehead atoms. The van der Waals surface area contributed by atoms with Crippen molar-refractivity contribution >= 4 is 12.6 Å². The van der Waals surface area contributed by atoms with Gasteiger partial charge in [0.1, 0.15) is 5.82 Å². The van der Waals surface area contributed by atoms with Crippen LogP contribution in [0, 0.1) is 0 Å². The quantitative estimate of drug-likeness (QED) is 0.637. The van der Waals surface area contributed by atoms with E-state index in [9.17, 15) is 0 Å². The first-order valence-corrected chi connectivity index (χ1v) is 7.68. The number of thiol groups is 1. The number of imidazole rings is 1. The third-order valence-corrected chi connectivity index (χ3v) is 3.81. The summed E-state index contributed by atoms with van der Waals surface area (Å²) < 4.78 is 0. The van der Waals surface area contributed by atoms with Crippen LogP contribution in [0.3, 0.4) is 0 Å². The summed E-state index contributed by atoms with van der Waals surface area (Å²) in [6, 6.07) is 13.9. The Morgan fingerprint density at radius 2 is 1.77 bits per heavy atom. The van der Waals surface area contributed by atoms with Crippen molar-refractivity contribution < 1.29 is 0 Å². The van der Waals surface area contributed by atoms with Crippen molar-refractivity contribution in [3.8, 4) is 11.3 Å². The lowest BCUT2D eigenvalue weighted by molar-refractivity contribution is 0.432. The second-order valence-electron chi connectivity index (χ2n) is 5.09. The number of nitrogens with zero attached hydrogens (tertiary/aromatic N) is 2. The Hall–Kier alpha value is -2.11. The maximum Gasteiger partial charge on any atom is 0.111 e. The number of benzene rings is 1. The number of rotatable bonds is 2. The molecule has 0 unspecified atom stereocenters. The van der Waals surface area contributed by atoms with Crippen LogP contribution in [0.25, 0.3) is 11.3 Å². The Bertz CT molecular complexity index is 676. The van der Waals surface area contributed by atoms with E-state index in [0.29, 0.717) is 5.92 Å². The van der Waals surface area contributed by atoms with Gasteiger partial charge in [0, 0.05) is 48.1 Å². The minimum atomic E-state index is 0.639. The molecule has 1 aliphatic rings. The van der Waals surface area contributed by atoms with Crippen molar-refractivity contribution in [2.45, 2.75) is 10.8 Å². The van der Waals surface area contributed by atoms with Gasteiger partial charge in [0.05, 0.1) is 5.69 Å². The summed E-state index contributed by atoms with van der Waals surface area (Å²) in [5.41, 5.74) is 2.12. The van der Waals surface area contributed by atoms with E-state index >= 15 is 0 Å². The van der Waals surface area contributed by atoms with Crippen LogP contribution in [0.1, 0.15) is 11.7 Å². The lowest BCUT2D eigenvalue weighted by Crippen LogP contribution is -2.40. The Balaban J connectivity index is 0.000000139. The van der Waals surface area contributed by atoms with Gasteiger partial charge in [-0.25, -0.2) is 4.98 Å². The van der Waals surface area contributed by atoms with E-state index in [1.807, 2.05) is 48.7 Å². The van der Waals surface area contributed by atoms with Gasteiger partial charge in [-0.05, 0) is 24.3 Å². The summed E-state index contributed by atoms with van der Waals surface area (Å²) in [7, 11) is 0. The first kappa shape index (κ1) is 14.8. The molecule has 0 radical (unpaired) electrons. The number of H-pyrrole nitrogens is 1. The van der Waals surface area contributed by atoms with Crippen LogP contribution >= 0.6 is 12.6 Å². The second-order valence-corrected chi connectivity index (χ2v) is 5.61. The summed E-state index contributed by atoms with van der Waals surface area (Å²) in [5.74, 6) is 1.76. The Morgan fingerprint density at radius 3 is 2.32 bits per heavy atom. The third-order valence-electron chi connectivity index (χ3n) is 3.52. The maximum absolute atomic E-state index is 4.25. The smallest absolute Gasteiger partial charge is 0.111 e. The van der Waals surface area contributed by atoms with Crippen molar-refractivity contribution in [1.82, 2.24) is 20.3 Å². The monoisotopic (exact) mass is 310 g/mol. The second kappa shape index (κ2) is 7.24. The van der Waals surface area contributed by atoms with Gasteiger partial charge in [0.2, 0.25) is 0 Å². The van der Waals surface area contributed by atoms with Gasteiger partial charge in [-0.1, -0.05) is 18.2 Å². The van der Waals surface area contributed by atoms with Crippen molar-refractivity contribution in [2.75, 3.05) is 13.1 Å². The lowest BCUT2D eigenvalue weighted by atomic mass is 10.0. The molecule has 0 atom stereocenters. The van der Waals surface area contributed by atoms with Crippen LogP contribution in [0.15, 0.2) is 66.0 Å². The number of hydrogen-bond donors (Lipinski definition) is 3. The highest BCUT2D eigenvalue weighted by atomic mass is 32.1. The molecule has 1 saturated heterocycles. The minimum Gasteiger partial charge on any atom is -0.348 e. The molecule has 0 saturated carbocycles. The molecule has 1 fully saturated rings. The fraction of sp³-hybridized carbons (Fsp3) is 0.176. The lowest BCUT2D eigenvalue weighted by Gasteiger charge is -2.24. The van der Waals surface area contributed by atoms with Gasteiger partial charge in [-0.2, -0.15) is 0 Å². The molecule has 1 aromatic carbocycles. The molecule has 5 heteroatoms. The zero-order chi connectivity index (χ0) is 15.2. The molecule has 0 amide bonds. The Morgan fingerprint density at radius 1 is 0.955 bits per heavy atom. The zero-order valence-electron chi connectivity index (χ0n) is 12.1. The van der Waals surface area contributed by atoms with E-state index in [0.717, 1.165) is 35.1 Å². The molecular weight excluding hydrogens is 292 g/mol. The van der Waals surface area contributed by atoms with Crippen molar-refractivity contribution in [2.24, 2.45) is 0 Å². The topological polar surface area (TPSA) is 53.6 Å². The maximum atomic E-state index is 4.25. The summed E-state index contributed by atoms with van der Waals surface area (Å²) in [6.07, 6.45) is 5.46. The SMILES string of the molecule is Sc1ccc(-c2ccccn2)cc1.c1c[nH]c(C2CNC2)n1. The standard InChI is InChI=1S/C11H9NS.C6H9N3/c13-10-6-4-9(5-7-10)11-3-1-2-8-12-11;1-2-9-6(8-1)5-3-7-4-5/h1-8,13H;1-2,5,7H,3-4H2,(H,8,9). The van der Waals surface area contributed by atoms with E-state index in [4.69, 9.17) is 0 Å². The predicted molar refractivity (Wildman–Crippen MR) is 91.1 cm³/mol. The van der Waals surface area contributed by atoms with Crippen molar-refractivity contribution in [3.05, 3.63) is 66.9 Å². The minimum absolute atomic E-state index is 0.639. The molecular formula is C17H18N4S. The molecule has 0 aliphatic carbocycles. The van der Waals surface area contributed by atoms with Gasteiger partial charge in [0.15, 0.2) is 0 Å². The third kappa shape index (κ3) is 3.75. The van der Waals surface area contributed by atoms with Gasteiger partial charge < -0.3 is 10.3 Å². The van der Waals surface area contributed by atoms with E-state index in [1.54, 1.807) is 12.4 Å². The first-order chi connectivity index (χ1) is 10.8. The van der Waals surface area contributed by atoms with Gasteiger partial charge >= 0.3 is 0 Å². The summed E-state index contributed by atoms with van der Waals surface area (Å²) >= 11 is 4.22. The highest BCUT2D eigenvalue weighted by molar-refractivity contribution is 7.80. The van der Waals surface area contributed by atoms with Crippen LogP contribution in [0.5, 0.6) is 0 Å². The van der Waals surface area contributed by atoms with Crippen molar-refractivity contribution in [1.29, 1.82) is 0 Å². The van der Waals surface area contributed by atoms with Crippen LogP contribution in [0.4, 0.5) is 0 Å². The summed E-state index contributed by atoms with van der Waals surface area (Å²) in [6.45, 7) is 2.15. The number of hydrogen-bond acceptors (Lipinski definition) is 4. The number of pyridine rings is 1. The van der Waals surface area contributed by atoms with Crippen molar-refractivity contribution in [3.63, 3.8) is 0 Å².